The number of likely N-dealkylation sites (tertiary alicyclic amines) is 1. The normalized spacial score (nSPS) is 25.5. The van der Waals surface area contributed by atoms with Crippen molar-refractivity contribution >= 4 is 33.5 Å². The standard InChI is InChI=1S/C14H17BrClNO2/c1-8(11-4-3-10(15)7-13(11)16)17-6-5-12(9(17)2)14(18)19/h3-4,7-9,12H,5-6H2,1-2H3,(H,18,19). The second-order valence-corrected chi connectivity index (χ2v) is 6.38. The molecule has 0 radical (unpaired) electrons. The van der Waals surface area contributed by atoms with Gasteiger partial charge in [-0.1, -0.05) is 33.6 Å². The number of benzene rings is 1. The van der Waals surface area contributed by atoms with Crippen LogP contribution in [-0.4, -0.2) is 28.6 Å². The molecule has 3 nitrogen and oxygen atoms in total. The fourth-order valence-electron chi connectivity index (χ4n) is 2.86. The second kappa shape index (κ2) is 5.81. The summed E-state index contributed by atoms with van der Waals surface area (Å²) in [6.07, 6.45) is 0.703. The van der Waals surface area contributed by atoms with E-state index in [1.54, 1.807) is 0 Å². The first-order valence-electron chi connectivity index (χ1n) is 6.35. The fraction of sp³-hybridized carbons (Fsp3) is 0.500. The molecular formula is C14H17BrClNO2. The van der Waals surface area contributed by atoms with Crippen molar-refractivity contribution in [3.8, 4) is 0 Å². The van der Waals surface area contributed by atoms with Gasteiger partial charge in [-0.05, 0) is 44.5 Å². The first-order valence-corrected chi connectivity index (χ1v) is 7.52. The molecule has 0 spiro atoms. The van der Waals surface area contributed by atoms with Crippen LogP contribution >= 0.6 is 27.5 Å². The number of rotatable bonds is 3. The van der Waals surface area contributed by atoms with Crippen LogP contribution in [0.15, 0.2) is 22.7 Å². The van der Waals surface area contributed by atoms with E-state index in [-0.39, 0.29) is 18.0 Å². The van der Waals surface area contributed by atoms with E-state index in [1.807, 2.05) is 25.1 Å². The number of hydrogen-bond donors (Lipinski definition) is 1. The van der Waals surface area contributed by atoms with E-state index in [4.69, 9.17) is 11.6 Å². The van der Waals surface area contributed by atoms with Crippen molar-refractivity contribution in [2.45, 2.75) is 32.4 Å². The van der Waals surface area contributed by atoms with Gasteiger partial charge in [0.1, 0.15) is 0 Å². The fourth-order valence-corrected chi connectivity index (χ4v) is 3.69. The highest BCUT2D eigenvalue weighted by atomic mass is 79.9. The molecule has 104 valence electrons. The predicted octanol–water partition coefficient (Wildman–Crippen LogP) is 3.96. The Morgan fingerprint density at radius 3 is 2.79 bits per heavy atom. The summed E-state index contributed by atoms with van der Waals surface area (Å²) in [5.41, 5.74) is 1.04. The van der Waals surface area contributed by atoms with E-state index in [9.17, 15) is 9.90 Å². The third kappa shape index (κ3) is 2.96. The third-order valence-corrected chi connectivity index (χ3v) is 4.85. The Kier molecular flexibility index (Phi) is 4.54. The van der Waals surface area contributed by atoms with Gasteiger partial charge in [0.25, 0.3) is 0 Å². The maximum atomic E-state index is 11.2. The summed E-state index contributed by atoms with van der Waals surface area (Å²) >= 11 is 9.67. The molecule has 0 amide bonds. The highest BCUT2D eigenvalue weighted by Gasteiger charge is 2.38. The van der Waals surface area contributed by atoms with Crippen LogP contribution in [0.3, 0.4) is 0 Å². The van der Waals surface area contributed by atoms with Crippen molar-refractivity contribution in [3.63, 3.8) is 0 Å². The molecule has 1 aromatic carbocycles. The molecule has 1 aliphatic rings. The average Bonchev–Trinajstić information content (AvgIpc) is 2.70. The van der Waals surface area contributed by atoms with E-state index >= 15 is 0 Å². The lowest BCUT2D eigenvalue weighted by Gasteiger charge is -2.30. The Balaban J connectivity index is 2.20. The van der Waals surface area contributed by atoms with Crippen LogP contribution in [-0.2, 0) is 4.79 Å². The van der Waals surface area contributed by atoms with Crippen LogP contribution in [0.1, 0.15) is 31.9 Å². The zero-order valence-corrected chi connectivity index (χ0v) is 13.3. The molecule has 3 atom stereocenters. The van der Waals surface area contributed by atoms with Gasteiger partial charge in [-0.3, -0.25) is 9.69 Å². The van der Waals surface area contributed by atoms with E-state index in [1.165, 1.54) is 0 Å². The van der Waals surface area contributed by atoms with Crippen molar-refractivity contribution < 1.29 is 9.90 Å². The first-order chi connectivity index (χ1) is 8.91. The lowest BCUT2D eigenvalue weighted by Crippen LogP contribution is -2.35. The quantitative estimate of drug-likeness (QED) is 0.900. The Morgan fingerprint density at radius 1 is 1.58 bits per heavy atom. The summed E-state index contributed by atoms with van der Waals surface area (Å²) in [5, 5.41) is 9.90. The van der Waals surface area contributed by atoms with E-state index in [0.717, 1.165) is 16.6 Å². The Labute approximate surface area is 126 Å². The number of halogens is 2. The second-order valence-electron chi connectivity index (χ2n) is 5.05. The SMILES string of the molecule is CC(c1ccc(Br)cc1Cl)N1CCC(C(=O)O)C1C. The van der Waals surface area contributed by atoms with Crippen LogP contribution in [0.2, 0.25) is 5.02 Å². The van der Waals surface area contributed by atoms with E-state index < -0.39 is 5.97 Å². The smallest absolute Gasteiger partial charge is 0.308 e. The molecule has 5 heteroatoms. The number of carboxylic acid groups (broad SMARTS) is 1. The summed E-state index contributed by atoms with van der Waals surface area (Å²) < 4.78 is 0.950. The van der Waals surface area contributed by atoms with Gasteiger partial charge in [0.15, 0.2) is 0 Å². The summed E-state index contributed by atoms with van der Waals surface area (Å²) in [5.74, 6) is -0.985. The number of carboxylic acids is 1. The third-order valence-electron chi connectivity index (χ3n) is 4.03. The van der Waals surface area contributed by atoms with Gasteiger partial charge >= 0.3 is 5.97 Å². The molecule has 19 heavy (non-hydrogen) atoms. The highest BCUT2D eigenvalue weighted by molar-refractivity contribution is 9.10. The molecule has 0 aliphatic carbocycles. The number of nitrogens with zero attached hydrogens (tertiary/aromatic N) is 1. The molecule has 1 heterocycles. The van der Waals surface area contributed by atoms with Crippen molar-refractivity contribution in [2.24, 2.45) is 5.92 Å². The maximum Gasteiger partial charge on any atom is 0.308 e. The Hall–Kier alpha value is -0.580. The zero-order chi connectivity index (χ0) is 14.2. The van der Waals surface area contributed by atoms with Gasteiger partial charge in [-0.25, -0.2) is 0 Å². The first kappa shape index (κ1) is 14.8. The number of carbonyl (C=O) groups is 1. The summed E-state index contributed by atoms with van der Waals surface area (Å²) in [4.78, 5) is 13.4. The maximum absolute atomic E-state index is 11.2. The molecule has 1 aliphatic heterocycles. The molecular weight excluding hydrogens is 330 g/mol. The minimum Gasteiger partial charge on any atom is -0.481 e. The van der Waals surface area contributed by atoms with E-state index in [0.29, 0.717) is 11.4 Å². The largest absolute Gasteiger partial charge is 0.481 e. The van der Waals surface area contributed by atoms with Crippen molar-refractivity contribution in [3.05, 3.63) is 33.3 Å². The number of hydrogen-bond acceptors (Lipinski definition) is 2. The van der Waals surface area contributed by atoms with Crippen molar-refractivity contribution in [2.75, 3.05) is 6.54 Å². The van der Waals surface area contributed by atoms with Gasteiger partial charge < -0.3 is 5.11 Å². The lowest BCUT2D eigenvalue weighted by atomic mass is 10.0. The molecule has 0 saturated carbocycles. The summed E-state index contributed by atoms with van der Waals surface area (Å²) in [6, 6.07) is 6.00. The van der Waals surface area contributed by atoms with Crippen LogP contribution in [0.25, 0.3) is 0 Å². The Bertz CT molecular complexity index is 494. The Morgan fingerprint density at radius 2 is 2.26 bits per heavy atom. The van der Waals surface area contributed by atoms with E-state index in [2.05, 4.69) is 27.8 Å². The van der Waals surface area contributed by atoms with Gasteiger partial charge in [0.05, 0.1) is 5.92 Å². The molecule has 1 N–H and O–H groups in total. The molecule has 1 aromatic rings. The van der Waals surface area contributed by atoms with Gasteiger partial charge in [-0.15, -0.1) is 0 Å². The molecule has 1 fully saturated rings. The topological polar surface area (TPSA) is 40.5 Å². The van der Waals surface area contributed by atoms with Crippen LogP contribution in [0, 0.1) is 5.92 Å². The van der Waals surface area contributed by atoms with Crippen LogP contribution in [0.5, 0.6) is 0 Å². The molecule has 0 aromatic heterocycles. The van der Waals surface area contributed by atoms with Crippen molar-refractivity contribution in [1.29, 1.82) is 0 Å². The minimum absolute atomic E-state index is 0.0345. The predicted molar refractivity (Wildman–Crippen MR) is 79.5 cm³/mol. The van der Waals surface area contributed by atoms with Gasteiger partial charge in [0.2, 0.25) is 0 Å². The van der Waals surface area contributed by atoms with Gasteiger partial charge in [-0.2, -0.15) is 0 Å². The molecule has 1 saturated heterocycles. The zero-order valence-electron chi connectivity index (χ0n) is 10.9. The number of aliphatic carboxylic acids is 1. The van der Waals surface area contributed by atoms with Crippen LogP contribution in [0.4, 0.5) is 0 Å². The molecule has 0 bridgehead atoms. The molecule has 2 rings (SSSR count). The van der Waals surface area contributed by atoms with Crippen molar-refractivity contribution in [1.82, 2.24) is 4.90 Å². The van der Waals surface area contributed by atoms with Gasteiger partial charge in [0, 0.05) is 21.6 Å². The van der Waals surface area contributed by atoms with Crippen LogP contribution < -0.4 is 0 Å². The minimum atomic E-state index is -0.705. The monoisotopic (exact) mass is 345 g/mol. The summed E-state index contributed by atoms with van der Waals surface area (Å²) in [7, 11) is 0. The lowest BCUT2D eigenvalue weighted by molar-refractivity contribution is -0.142. The highest BCUT2D eigenvalue weighted by Crippen LogP contribution is 2.36. The average molecular weight is 347 g/mol. The summed E-state index contributed by atoms with van der Waals surface area (Å²) in [6.45, 7) is 4.86. The molecule has 3 unspecified atom stereocenters.